The third-order valence-electron chi connectivity index (χ3n) is 3.45. The lowest BCUT2D eigenvalue weighted by Gasteiger charge is -2.38. The number of hydrogen-bond donors (Lipinski definition) is 2. The first-order valence-electron chi connectivity index (χ1n) is 6.40. The van der Waals surface area contributed by atoms with Crippen LogP contribution in [0.3, 0.4) is 0 Å². The Hall–Kier alpha value is -0.690. The summed E-state index contributed by atoms with van der Waals surface area (Å²) in [5.74, 6) is -0.242. The molecule has 0 aromatic rings. The van der Waals surface area contributed by atoms with Gasteiger partial charge in [0.15, 0.2) is 0 Å². The van der Waals surface area contributed by atoms with Gasteiger partial charge in [0.25, 0.3) is 0 Å². The zero-order valence-corrected chi connectivity index (χ0v) is 10.6. The maximum atomic E-state index is 11.2. The standard InChI is InChI=1S/C12H21NO5/c1-16-12(15)4-9-2-3-10-11(18-9)7-17-6-8(14)5-13-10/h8-11,13-14H,2-7H2,1H3/t8-,9-,10+,11-/m1/s1. The van der Waals surface area contributed by atoms with Crippen LogP contribution in [0.5, 0.6) is 0 Å². The van der Waals surface area contributed by atoms with Crippen LogP contribution in [-0.4, -0.2) is 62.3 Å². The first-order valence-corrected chi connectivity index (χ1v) is 6.40. The van der Waals surface area contributed by atoms with Gasteiger partial charge < -0.3 is 24.6 Å². The van der Waals surface area contributed by atoms with Gasteiger partial charge in [-0.2, -0.15) is 0 Å². The second-order valence-electron chi connectivity index (χ2n) is 4.86. The van der Waals surface area contributed by atoms with Crippen LogP contribution in [0.1, 0.15) is 19.3 Å². The zero-order valence-electron chi connectivity index (χ0n) is 10.6. The highest BCUT2D eigenvalue weighted by atomic mass is 16.6. The number of rotatable bonds is 2. The number of hydrogen-bond acceptors (Lipinski definition) is 6. The molecule has 6 heteroatoms. The number of β-amino-alcohol motifs (C(OH)–C–C–N with tert-alkyl or cyclic N) is 1. The highest BCUT2D eigenvalue weighted by molar-refractivity contribution is 5.69. The van der Waals surface area contributed by atoms with E-state index >= 15 is 0 Å². The monoisotopic (exact) mass is 259 g/mol. The second-order valence-corrected chi connectivity index (χ2v) is 4.86. The van der Waals surface area contributed by atoms with E-state index in [1.165, 1.54) is 7.11 Å². The van der Waals surface area contributed by atoms with Gasteiger partial charge in [-0.3, -0.25) is 4.79 Å². The Morgan fingerprint density at radius 1 is 1.44 bits per heavy atom. The van der Waals surface area contributed by atoms with Crippen molar-refractivity contribution in [1.82, 2.24) is 5.32 Å². The molecule has 0 unspecified atom stereocenters. The van der Waals surface area contributed by atoms with Crippen molar-refractivity contribution in [1.29, 1.82) is 0 Å². The summed E-state index contributed by atoms with van der Waals surface area (Å²) in [4.78, 5) is 11.2. The fourth-order valence-electron chi connectivity index (χ4n) is 2.44. The molecular weight excluding hydrogens is 238 g/mol. The van der Waals surface area contributed by atoms with Crippen molar-refractivity contribution in [2.45, 2.75) is 43.6 Å². The van der Waals surface area contributed by atoms with Crippen LogP contribution in [0.25, 0.3) is 0 Å². The van der Waals surface area contributed by atoms with E-state index in [2.05, 4.69) is 10.1 Å². The van der Waals surface area contributed by atoms with E-state index in [-0.39, 0.29) is 24.2 Å². The van der Waals surface area contributed by atoms with E-state index in [4.69, 9.17) is 9.47 Å². The van der Waals surface area contributed by atoms with Crippen LogP contribution >= 0.6 is 0 Å². The molecule has 18 heavy (non-hydrogen) atoms. The third kappa shape index (κ3) is 3.65. The lowest BCUT2D eigenvalue weighted by molar-refractivity contribution is -0.152. The van der Waals surface area contributed by atoms with Gasteiger partial charge in [-0.1, -0.05) is 0 Å². The number of aliphatic hydroxyl groups excluding tert-OH is 1. The fraction of sp³-hybridized carbons (Fsp3) is 0.917. The van der Waals surface area contributed by atoms with Crippen molar-refractivity contribution in [2.24, 2.45) is 0 Å². The van der Waals surface area contributed by atoms with E-state index in [0.717, 1.165) is 12.8 Å². The summed E-state index contributed by atoms with van der Waals surface area (Å²) in [7, 11) is 1.38. The lowest BCUT2D eigenvalue weighted by atomic mass is 9.96. The molecule has 0 spiro atoms. The molecule has 0 amide bonds. The Kier molecular flexibility index (Phi) is 4.94. The van der Waals surface area contributed by atoms with Gasteiger partial charge in [-0.05, 0) is 12.8 Å². The molecule has 0 radical (unpaired) electrons. The van der Waals surface area contributed by atoms with E-state index in [1.54, 1.807) is 0 Å². The maximum absolute atomic E-state index is 11.2. The number of nitrogens with one attached hydrogen (secondary N) is 1. The summed E-state index contributed by atoms with van der Waals surface area (Å²) in [5, 5.41) is 12.8. The number of fused-ring (bicyclic) bond motifs is 1. The molecule has 0 bridgehead atoms. The molecule has 104 valence electrons. The Labute approximate surface area is 107 Å². The lowest BCUT2D eigenvalue weighted by Crippen LogP contribution is -2.53. The molecule has 2 saturated heterocycles. The van der Waals surface area contributed by atoms with Crippen LogP contribution in [0.2, 0.25) is 0 Å². The van der Waals surface area contributed by atoms with E-state index in [1.807, 2.05) is 0 Å². The summed E-state index contributed by atoms with van der Waals surface area (Å²) in [6.07, 6.45) is 1.43. The number of aliphatic hydroxyl groups is 1. The summed E-state index contributed by atoms with van der Waals surface area (Å²) >= 11 is 0. The highest BCUT2D eigenvalue weighted by Crippen LogP contribution is 2.23. The molecular formula is C12H21NO5. The van der Waals surface area contributed by atoms with Gasteiger partial charge >= 0.3 is 5.97 Å². The second kappa shape index (κ2) is 6.47. The smallest absolute Gasteiger partial charge is 0.308 e. The van der Waals surface area contributed by atoms with Crippen molar-refractivity contribution < 1.29 is 24.1 Å². The zero-order chi connectivity index (χ0) is 13.0. The number of carbonyl (C=O) groups excluding carboxylic acids is 1. The fourth-order valence-corrected chi connectivity index (χ4v) is 2.44. The number of ether oxygens (including phenoxy) is 3. The summed E-state index contributed by atoms with van der Waals surface area (Å²) < 4.78 is 15.9. The molecule has 0 aromatic heterocycles. The Bertz CT molecular complexity index is 286. The Morgan fingerprint density at radius 2 is 2.28 bits per heavy atom. The topological polar surface area (TPSA) is 77.0 Å². The summed E-state index contributed by atoms with van der Waals surface area (Å²) in [6, 6.07) is 0.189. The van der Waals surface area contributed by atoms with Crippen molar-refractivity contribution in [2.75, 3.05) is 26.9 Å². The number of esters is 1. The highest BCUT2D eigenvalue weighted by Gasteiger charge is 2.33. The van der Waals surface area contributed by atoms with Crippen molar-refractivity contribution >= 4 is 5.97 Å². The first-order chi connectivity index (χ1) is 8.69. The van der Waals surface area contributed by atoms with Crippen LogP contribution in [-0.2, 0) is 19.0 Å². The van der Waals surface area contributed by atoms with Gasteiger partial charge in [0.05, 0.1) is 45.1 Å². The molecule has 2 fully saturated rings. The minimum Gasteiger partial charge on any atom is -0.469 e. The third-order valence-corrected chi connectivity index (χ3v) is 3.45. The van der Waals surface area contributed by atoms with E-state index in [9.17, 15) is 9.90 Å². The van der Waals surface area contributed by atoms with Gasteiger partial charge in [0.2, 0.25) is 0 Å². The number of methoxy groups -OCH3 is 1. The van der Waals surface area contributed by atoms with Crippen molar-refractivity contribution in [3.63, 3.8) is 0 Å². The molecule has 6 nitrogen and oxygen atoms in total. The van der Waals surface area contributed by atoms with Crippen LogP contribution in [0.4, 0.5) is 0 Å². The molecule has 0 aromatic carbocycles. The van der Waals surface area contributed by atoms with Crippen LogP contribution in [0.15, 0.2) is 0 Å². The molecule has 4 atom stereocenters. The summed E-state index contributed by atoms with van der Waals surface area (Å²) in [6.45, 7) is 1.29. The SMILES string of the molecule is COC(=O)C[C@H]1CC[C@@H]2NC[C@@H](O)COC[C@H]2O1. The van der Waals surface area contributed by atoms with Gasteiger partial charge in [-0.15, -0.1) is 0 Å². The maximum Gasteiger partial charge on any atom is 0.308 e. The molecule has 2 rings (SSSR count). The van der Waals surface area contributed by atoms with Crippen LogP contribution < -0.4 is 5.32 Å². The minimum atomic E-state index is -0.459. The largest absolute Gasteiger partial charge is 0.469 e. The normalized spacial score (nSPS) is 37.2. The predicted octanol–water partition coefficient (Wildman–Crippen LogP) is -0.554. The minimum absolute atomic E-state index is 0.0547. The Morgan fingerprint density at radius 3 is 3.06 bits per heavy atom. The van der Waals surface area contributed by atoms with Crippen molar-refractivity contribution in [3.05, 3.63) is 0 Å². The molecule has 2 N–H and O–H groups in total. The molecule has 0 saturated carbocycles. The van der Waals surface area contributed by atoms with Gasteiger partial charge in [-0.25, -0.2) is 0 Å². The first kappa shape index (κ1) is 13.7. The van der Waals surface area contributed by atoms with Gasteiger partial charge in [0.1, 0.15) is 0 Å². The quantitative estimate of drug-likeness (QED) is 0.648. The molecule has 2 aliphatic heterocycles. The average molecular weight is 259 g/mol. The van der Waals surface area contributed by atoms with Crippen molar-refractivity contribution in [3.8, 4) is 0 Å². The molecule has 0 aliphatic carbocycles. The van der Waals surface area contributed by atoms with Crippen LogP contribution in [0, 0.1) is 0 Å². The number of carbonyl (C=O) groups is 1. The summed E-state index contributed by atoms with van der Waals surface area (Å²) in [5.41, 5.74) is 0. The Balaban J connectivity index is 1.85. The molecule has 2 heterocycles. The predicted molar refractivity (Wildman–Crippen MR) is 63.1 cm³/mol. The average Bonchev–Trinajstić information content (AvgIpc) is 2.35. The van der Waals surface area contributed by atoms with E-state index < -0.39 is 6.10 Å². The molecule has 2 aliphatic rings. The van der Waals surface area contributed by atoms with Gasteiger partial charge in [0, 0.05) is 12.6 Å². The van der Waals surface area contributed by atoms with E-state index in [0.29, 0.717) is 26.2 Å².